The molecule has 1 aromatic heterocycles. The lowest BCUT2D eigenvalue weighted by molar-refractivity contribution is -0.113. The van der Waals surface area contributed by atoms with Crippen LogP contribution >= 0.6 is 34.9 Å². The van der Waals surface area contributed by atoms with E-state index in [2.05, 4.69) is 42.4 Å². The minimum atomic E-state index is -0.00825. The van der Waals surface area contributed by atoms with Crippen LogP contribution in [0.5, 0.6) is 0 Å². The number of nitrogens with one attached hydrogen (secondary N) is 1. The van der Waals surface area contributed by atoms with Gasteiger partial charge in [0.1, 0.15) is 0 Å². The van der Waals surface area contributed by atoms with Crippen molar-refractivity contribution in [3.63, 3.8) is 0 Å². The van der Waals surface area contributed by atoms with Crippen molar-refractivity contribution < 1.29 is 4.79 Å². The molecule has 0 radical (unpaired) electrons. The van der Waals surface area contributed by atoms with Crippen LogP contribution in [0.4, 0.5) is 5.69 Å². The Hall–Kier alpha value is -1.05. The van der Waals surface area contributed by atoms with E-state index >= 15 is 0 Å². The zero-order chi connectivity index (χ0) is 16.8. The minimum absolute atomic E-state index is 0.00825. The Morgan fingerprint density at radius 2 is 1.96 bits per heavy atom. The summed E-state index contributed by atoms with van der Waals surface area (Å²) < 4.78 is 1.79. The number of hydrogen-bond donors (Lipinski definition) is 1. The number of carbonyl (C=O) groups is 1. The van der Waals surface area contributed by atoms with Crippen molar-refractivity contribution >= 4 is 46.5 Å². The van der Waals surface area contributed by atoms with Gasteiger partial charge >= 0.3 is 0 Å². The summed E-state index contributed by atoms with van der Waals surface area (Å²) in [5, 5.41) is 11.3. The van der Waals surface area contributed by atoms with Crippen molar-refractivity contribution in [2.45, 2.75) is 42.3 Å². The lowest BCUT2D eigenvalue weighted by Gasteiger charge is -2.16. The number of para-hydroxylation sites is 1. The number of aromatic nitrogens is 2. The Morgan fingerprint density at radius 3 is 2.61 bits per heavy atom. The van der Waals surface area contributed by atoms with Crippen LogP contribution in [0.2, 0.25) is 0 Å². The van der Waals surface area contributed by atoms with Gasteiger partial charge in [-0.25, -0.2) is 0 Å². The molecule has 0 bridgehead atoms. The van der Waals surface area contributed by atoms with Crippen LogP contribution < -0.4 is 5.32 Å². The molecule has 1 aromatic carbocycles. The first kappa shape index (κ1) is 18.3. The van der Waals surface area contributed by atoms with E-state index in [1.807, 2.05) is 19.1 Å². The fourth-order valence-corrected chi connectivity index (χ4v) is 4.80. The molecule has 1 amide bonds. The smallest absolute Gasteiger partial charge is 0.234 e. The van der Waals surface area contributed by atoms with E-state index in [0.717, 1.165) is 25.7 Å². The fraction of sp³-hybridized carbons (Fsp3) is 0.438. The summed E-state index contributed by atoms with van der Waals surface area (Å²) in [4.78, 5) is 12.3. The predicted molar refractivity (Wildman–Crippen MR) is 101 cm³/mol. The first-order valence-electron chi connectivity index (χ1n) is 7.49. The highest BCUT2D eigenvalue weighted by molar-refractivity contribution is 8.03. The van der Waals surface area contributed by atoms with Crippen molar-refractivity contribution in [3.05, 3.63) is 29.3 Å². The van der Waals surface area contributed by atoms with Gasteiger partial charge in [0.15, 0.2) is 8.68 Å². The average Bonchev–Trinajstić information content (AvgIpc) is 2.95. The monoisotopic (exact) mass is 367 g/mol. The number of carbonyl (C=O) groups excluding carboxylic acids is 1. The molecule has 1 heterocycles. The van der Waals surface area contributed by atoms with Crippen molar-refractivity contribution in [3.8, 4) is 0 Å². The molecule has 0 unspecified atom stereocenters. The predicted octanol–water partition coefficient (Wildman–Crippen LogP) is 4.81. The van der Waals surface area contributed by atoms with Crippen LogP contribution in [0.25, 0.3) is 0 Å². The lowest BCUT2D eigenvalue weighted by atomic mass is 9.98. The first-order chi connectivity index (χ1) is 11.0. The lowest BCUT2D eigenvalue weighted by Crippen LogP contribution is -2.16. The number of nitrogens with zero attached hydrogens (tertiary/aromatic N) is 2. The molecule has 1 N–H and O–H groups in total. The summed E-state index contributed by atoms with van der Waals surface area (Å²) >= 11 is 4.65. The first-order valence-corrected chi connectivity index (χ1v) is 10.3. The Kier molecular flexibility index (Phi) is 6.92. The number of thioether (sulfide) groups is 2. The second kappa shape index (κ2) is 8.70. The molecule has 0 aliphatic rings. The molecule has 0 saturated carbocycles. The van der Waals surface area contributed by atoms with E-state index in [4.69, 9.17) is 0 Å². The van der Waals surface area contributed by atoms with Crippen molar-refractivity contribution in [1.82, 2.24) is 10.2 Å². The molecular weight excluding hydrogens is 346 g/mol. The van der Waals surface area contributed by atoms with Gasteiger partial charge in [-0.2, -0.15) is 0 Å². The molecule has 23 heavy (non-hydrogen) atoms. The third-order valence-corrected chi connectivity index (χ3v) is 6.25. The number of rotatable bonds is 7. The van der Waals surface area contributed by atoms with Gasteiger partial charge in [-0.3, -0.25) is 4.79 Å². The molecule has 0 aliphatic heterocycles. The van der Waals surface area contributed by atoms with Crippen LogP contribution in [0.15, 0.2) is 26.9 Å². The molecule has 4 nitrogen and oxygen atoms in total. The summed E-state index contributed by atoms with van der Waals surface area (Å²) in [7, 11) is 0. The maximum atomic E-state index is 12.3. The topological polar surface area (TPSA) is 54.9 Å². The van der Waals surface area contributed by atoms with Gasteiger partial charge in [-0.15, -0.1) is 10.2 Å². The Bertz CT molecular complexity index is 670. The van der Waals surface area contributed by atoms with E-state index in [1.165, 1.54) is 17.3 Å². The standard InChI is InChI=1S/C16H21N3OS3/c1-5-21-15-18-19-16(23-15)22-9-13(20)17-14-11(4)7-6-8-12(14)10(2)3/h6-8,10H,5,9H2,1-4H3,(H,17,20). The Morgan fingerprint density at radius 1 is 1.26 bits per heavy atom. The molecule has 7 heteroatoms. The molecule has 0 aliphatic carbocycles. The van der Waals surface area contributed by atoms with Crippen LogP contribution in [-0.4, -0.2) is 27.6 Å². The number of hydrogen-bond acceptors (Lipinski definition) is 6. The zero-order valence-corrected chi connectivity index (χ0v) is 16.2. The molecular formula is C16H21N3OS3. The van der Waals surface area contributed by atoms with Crippen molar-refractivity contribution in [2.24, 2.45) is 0 Å². The highest BCUT2D eigenvalue weighted by Crippen LogP contribution is 2.30. The summed E-state index contributed by atoms with van der Waals surface area (Å²) in [6.45, 7) is 8.37. The minimum Gasteiger partial charge on any atom is -0.325 e. The quantitative estimate of drug-likeness (QED) is 0.712. The van der Waals surface area contributed by atoms with Gasteiger partial charge in [-0.05, 0) is 29.7 Å². The van der Waals surface area contributed by atoms with Crippen LogP contribution in [0, 0.1) is 6.92 Å². The zero-order valence-electron chi connectivity index (χ0n) is 13.8. The maximum Gasteiger partial charge on any atom is 0.234 e. The number of benzene rings is 1. The van der Waals surface area contributed by atoms with Gasteiger partial charge in [0.2, 0.25) is 5.91 Å². The Labute approximate surface area is 149 Å². The molecule has 0 spiro atoms. The van der Waals surface area contributed by atoms with Crippen molar-refractivity contribution in [1.29, 1.82) is 0 Å². The van der Waals surface area contributed by atoms with Crippen molar-refractivity contribution in [2.75, 3.05) is 16.8 Å². The van der Waals surface area contributed by atoms with Crippen LogP contribution in [-0.2, 0) is 4.79 Å². The van der Waals surface area contributed by atoms with E-state index in [-0.39, 0.29) is 5.91 Å². The molecule has 124 valence electrons. The number of amides is 1. The largest absolute Gasteiger partial charge is 0.325 e. The molecule has 2 rings (SSSR count). The SMILES string of the molecule is CCSc1nnc(SCC(=O)Nc2c(C)cccc2C(C)C)s1. The summed E-state index contributed by atoms with van der Waals surface area (Å²) in [6, 6.07) is 6.12. The number of aryl methyl sites for hydroxylation is 1. The molecule has 0 atom stereocenters. The molecule has 0 fully saturated rings. The molecule has 2 aromatic rings. The molecule has 0 saturated heterocycles. The van der Waals surface area contributed by atoms with Gasteiger partial charge in [-0.1, -0.05) is 73.8 Å². The van der Waals surface area contributed by atoms with E-state index in [9.17, 15) is 4.79 Å². The van der Waals surface area contributed by atoms with Crippen LogP contribution in [0.1, 0.15) is 37.8 Å². The third-order valence-electron chi connectivity index (χ3n) is 3.17. The number of anilines is 1. The summed E-state index contributed by atoms with van der Waals surface area (Å²) in [5.41, 5.74) is 3.19. The second-order valence-electron chi connectivity index (χ2n) is 5.30. The highest BCUT2D eigenvalue weighted by atomic mass is 32.2. The third kappa shape index (κ3) is 5.22. The Balaban J connectivity index is 1.97. The highest BCUT2D eigenvalue weighted by Gasteiger charge is 2.13. The van der Waals surface area contributed by atoms with Crippen LogP contribution in [0.3, 0.4) is 0 Å². The second-order valence-corrected chi connectivity index (χ2v) is 9.01. The maximum absolute atomic E-state index is 12.3. The van der Waals surface area contributed by atoms with Gasteiger partial charge in [0.05, 0.1) is 5.75 Å². The fourth-order valence-electron chi connectivity index (χ4n) is 2.08. The van der Waals surface area contributed by atoms with Gasteiger partial charge in [0.25, 0.3) is 0 Å². The normalized spacial score (nSPS) is 11.0. The summed E-state index contributed by atoms with van der Waals surface area (Å²) in [6.07, 6.45) is 0. The van der Waals surface area contributed by atoms with Gasteiger partial charge in [0, 0.05) is 5.69 Å². The van der Waals surface area contributed by atoms with Gasteiger partial charge < -0.3 is 5.32 Å². The summed E-state index contributed by atoms with van der Waals surface area (Å²) in [5.74, 6) is 1.68. The van der Waals surface area contributed by atoms with E-state index < -0.39 is 0 Å². The van der Waals surface area contributed by atoms with E-state index in [1.54, 1.807) is 23.1 Å². The van der Waals surface area contributed by atoms with E-state index in [0.29, 0.717) is 11.7 Å². The average molecular weight is 368 g/mol.